The van der Waals surface area contributed by atoms with Gasteiger partial charge in [0.2, 0.25) is 0 Å². The van der Waals surface area contributed by atoms with Crippen molar-refractivity contribution in [2.45, 2.75) is 51.8 Å². The van der Waals surface area contributed by atoms with E-state index >= 15 is 0 Å². The largest absolute Gasteiger partial charge is 0.487 e. The molecule has 0 unspecified atom stereocenters. The van der Waals surface area contributed by atoms with E-state index in [1.54, 1.807) is 11.3 Å². The highest BCUT2D eigenvalue weighted by Gasteiger charge is 2.27. The molecule has 4 nitrogen and oxygen atoms in total. The average Bonchev–Trinajstić information content (AvgIpc) is 2.98. The second kappa shape index (κ2) is 6.45. The van der Waals surface area contributed by atoms with Gasteiger partial charge < -0.3 is 15.0 Å². The molecule has 1 aromatic heterocycles. The van der Waals surface area contributed by atoms with Crippen molar-refractivity contribution in [1.82, 2.24) is 10.3 Å². The molecule has 0 aliphatic carbocycles. The number of hydrogen-bond acceptors (Lipinski definition) is 5. The van der Waals surface area contributed by atoms with Crippen LogP contribution in [0.25, 0.3) is 10.4 Å². The van der Waals surface area contributed by atoms with Gasteiger partial charge in [-0.15, -0.1) is 0 Å². The Balaban J connectivity index is 1.50. The molecule has 0 spiro atoms. The molecular weight excluding hydrogens is 354 g/mol. The van der Waals surface area contributed by atoms with Crippen LogP contribution in [0.15, 0.2) is 18.2 Å². The van der Waals surface area contributed by atoms with Gasteiger partial charge in [0, 0.05) is 35.3 Å². The van der Waals surface area contributed by atoms with Crippen LogP contribution in [-0.2, 0) is 6.61 Å². The van der Waals surface area contributed by atoms with Crippen LogP contribution in [0.1, 0.15) is 39.3 Å². The van der Waals surface area contributed by atoms with E-state index in [2.05, 4.69) is 31.0 Å². The second-order valence-electron chi connectivity index (χ2n) is 7.86. The number of rotatable bonds is 2. The van der Waals surface area contributed by atoms with Gasteiger partial charge in [0.05, 0.1) is 10.6 Å². The first-order chi connectivity index (χ1) is 11.9. The van der Waals surface area contributed by atoms with Crippen LogP contribution < -0.4 is 15.0 Å². The fourth-order valence-corrected chi connectivity index (χ4v) is 4.87. The number of hydrogen-bond donors (Lipinski definition) is 1. The zero-order chi connectivity index (χ0) is 17.6. The molecule has 0 atom stereocenters. The zero-order valence-electron chi connectivity index (χ0n) is 14.9. The summed E-state index contributed by atoms with van der Waals surface area (Å²) < 4.78 is 5.83. The summed E-state index contributed by atoms with van der Waals surface area (Å²) >= 11 is 7.86. The molecule has 1 N–H and O–H groups in total. The zero-order valence-corrected chi connectivity index (χ0v) is 16.5. The Hall–Kier alpha value is -1.30. The Morgan fingerprint density at radius 1 is 1.28 bits per heavy atom. The predicted molar refractivity (Wildman–Crippen MR) is 105 cm³/mol. The lowest BCUT2D eigenvalue weighted by Crippen LogP contribution is -2.49. The van der Waals surface area contributed by atoms with Crippen molar-refractivity contribution < 1.29 is 4.74 Å². The van der Waals surface area contributed by atoms with E-state index in [1.165, 1.54) is 4.88 Å². The maximum Gasteiger partial charge on any atom is 0.186 e. The monoisotopic (exact) mass is 377 g/mol. The van der Waals surface area contributed by atoms with Crippen molar-refractivity contribution >= 4 is 28.1 Å². The summed E-state index contributed by atoms with van der Waals surface area (Å²) in [4.78, 5) is 8.50. The van der Waals surface area contributed by atoms with Crippen molar-refractivity contribution in [3.05, 3.63) is 28.9 Å². The smallest absolute Gasteiger partial charge is 0.186 e. The number of nitrogens with zero attached hydrogens (tertiary/aromatic N) is 2. The van der Waals surface area contributed by atoms with Crippen LogP contribution in [0.4, 0.5) is 5.13 Å². The first-order valence-corrected chi connectivity index (χ1v) is 10.0. The Labute approximate surface area is 158 Å². The SMILES string of the molecule is CC(C)(C)NC1CCN(c2nc3c(s2)-c2ccc(Cl)cc2OC3)CC1. The van der Waals surface area contributed by atoms with E-state index in [-0.39, 0.29) is 5.54 Å². The molecule has 134 valence electrons. The van der Waals surface area contributed by atoms with Crippen LogP contribution in [0.2, 0.25) is 5.02 Å². The summed E-state index contributed by atoms with van der Waals surface area (Å²) in [6, 6.07) is 6.44. The number of anilines is 1. The molecule has 1 saturated heterocycles. The standard InChI is InChI=1S/C19H24ClN3OS/c1-19(2,3)22-13-6-8-23(9-7-13)18-21-15-11-24-16-10-12(20)4-5-14(16)17(15)25-18/h4-5,10,13,22H,6-9,11H2,1-3H3. The molecule has 2 aromatic rings. The molecule has 0 amide bonds. The Bertz CT molecular complexity index is 775. The summed E-state index contributed by atoms with van der Waals surface area (Å²) in [5.41, 5.74) is 2.33. The lowest BCUT2D eigenvalue weighted by molar-refractivity contribution is 0.298. The molecule has 0 radical (unpaired) electrons. The minimum Gasteiger partial charge on any atom is -0.487 e. The molecule has 2 aliphatic rings. The number of piperidine rings is 1. The molecule has 2 aliphatic heterocycles. The van der Waals surface area contributed by atoms with Crippen molar-refractivity contribution in [3.8, 4) is 16.2 Å². The topological polar surface area (TPSA) is 37.4 Å². The Morgan fingerprint density at radius 3 is 2.76 bits per heavy atom. The van der Waals surface area contributed by atoms with Crippen LogP contribution >= 0.6 is 22.9 Å². The minimum atomic E-state index is 0.176. The third-order valence-corrected chi connectivity index (χ3v) is 6.07. The fourth-order valence-electron chi connectivity index (χ4n) is 3.56. The minimum absolute atomic E-state index is 0.176. The predicted octanol–water partition coefficient (Wildman–Crippen LogP) is 4.71. The maximum atomic E-state index is 6.08. The van der Waals surface area contributed by atoms with E-state index in [0.29, 0.717) is 17.7 Å². The second-order valence-corrected chi connectivity index (χ2v) is 9.27. The first kappa shape index (κ1) is 17.1. The molecule has 3 heterocycles. The average molecular weight is 378 g/mol. The van der Waals surface area contributed by atoms with E-state index in [1.807, 2.05) is 18.2 Å². The van der Waals surface area contributed by atoms with Gasteiger partial charge in [-0.2, -0.15) is 0 Å². The lowest BCUT2D eigenvalue weighted by atomic mass is 10.0. The van der Waals surface area contributed by atoms with Gasteiger partial charge in [-0.1, -0.05) is 22.9 Å². The molecule has 0 saturated carbocycles. The molecule has 1 aromatic carbocycles. The van der Waals surface area contributed by atoms with Gasteiger partial charge >= 0.3 is 0 Å². The van der Waals surface area contributed by atoms with E-state index in [4.69, 9.17) is 21.3 Å². The summed E-state index contributed by atoms with van der Waals surface area (Å²) in [5, 5.41) is 5.55. The Morgan fingerprint density at radius 2 is 2.04 bits per heavy atom. The van der Waals surface area contributed by atoms with Crippen molar-refractivity contribution in [2.75, 3.05) is 18.0 Å². The molecule has 1 fully saturated rings. The maximum absolute atomic E-state index is 6.08. The van der Waals surface area contributed by atoms with Gasteiger partial charge in [-0.25, -0.2) is 4.98 Å². The fraction of sp³-hybridized carbons (Fsp3) is 0.526. The number of aromatic nitrogens is 1. The normalized spacial score (nSPS) is 17.8. The van der Waals surface area contributed by atoms with Gasteiger partial charge in [0.15, 0.2) is 5.13 Å². The van der Waals surface area contributed by atoms with Crippen LogP contribution in [0.3, 0.4) is 0 Å². The van der Waals surface area contributed by atoms with Gasteiger partial charge in [0.25, 0.3) is 0 Å². The molecule has 6 heteroatoms. The number of halogens is 1. The number of fused-ring (bicyclic) bond motifs is 3. The quantitative estimate of drug-likeness (QED) is 0.822. The summed E-state index contributed by atoms with van der Waals surface area (Å²) in [6.45, 7) is 9.33. The summed E-state index contributed by atoms with van der Waals surface area (Å²) in [5.74, 6) is 0.864. The number of benzene rings is 1. The van der Waals surface area contributed by atoms with E-state index in [0.717, 1.165) is 48.1 Å². The van der Waals surface area contributed by atoms with Crippen molar-refractivity contribution in [2.24, 2.45) is 0 Å². The number of thiazole rings is 1. The molecule has 0 bridgehead atoms. The number of nitrogens with one attached hydrogen (secondary N) is 1. The lowest BCUT2D eigenvalue weighted by Gasteiger charge is -2.36. The van der Waals surface area contributed by atoms with Crippen molar-refractivity contribution in [3.63, 3.8) is 0 Å². The van der Waals surface area contributed by atoms with Gasteiger partial charge in [-0.3, -0.25) is 0 Å². The van der Waals surface area contributed by atoms with E-state index in [9.17, 15) is 0 Å². The summed E-state index contributed by atoms with van der Waals surface area (Å²) in [7, 11) is 0. The highest BCUT2D eigenvalue weighted by molar-refractivity contribution is 7.19. The molecule has 4 rings (SSSR count). The third kappa shape index (κ3) is 3.64. The van der Waals surface area contributed by atoms with Gasteiger partial charge in [0.1, 0.15) is 12.4 Å². The third-order valence-electron chi connectivity index (χ3n) is 4.64. The van der Waals surface area contributed by atoms with Crippen LogP contribution in [-0.4, -0.2) is 29.7 Å². The molecule has 25 heavy (non-hydrogen) atoms. The van der Waals surface area contributed by atoms with E-state index < -0.39 is 0 Å². The van der Waals surface area contributed by atoms with Crippen LogP contribution in [0.5, 0.6) is 5.75 Å². The molecular formula is C19H24ClN3OS. The summed E-state index contributed by atoms with van der Waals surface area (Å²) in [6.07, 6.45) is 2.31. The highest BCUT2D eigenvalue weighted by atomic mass is 35.5. The van der Waals surface area contributed by atoms with Crippen molar-refractivity contribution in [1.29, 1.82) is 0 Å². The number of ether oxygens (including phenoxy) is 1. The van der Waals surface area contributed by atoms with Gasteiger partial charge in [-0.05, 0) is 51.8 Å². The Kier molecular flexibility index (Phi) is 4.42. The first-order valence-electron chi connectivity index (χ1n) is 8.84. The highest BCUT2D eigenvalue weighted by Crippen LogP contribution is 2.44. The van der Waals surface area contributed by atoms with Crippen LogP contribution in [0, 0.1) is 0 Å².